The molecule has 1 saturated heterocycles. The number of hydrogen-bond donors (Lipinski definition) is 1. The Labute approximate surface area is 112 Å². The molecular weight excluding hydrogens is 222 g/mol. The van der Waals surface area contributed by atoms with Crippen molar-refractivity contribution >= 4 is 0 Å². The fourth-order valence-electron chi connectivity index (χ4n) is 2.82. The molecule has 1 unspecified atom stereocenters. The Hall–Kier alpha value is -0.590. The van der Waals surface area contributed by atoms with Gasteiger partial charge in [-0.05, 0) is 71.5 Å². The van der Waals surface area contributed by atoms with Gasteiger partial charge < -0.3 is 10.2 Å². The van der Waals surface area contributed by atoms with Gasteiger partial charge >= 0.3 is 0 Å². The number of nitrogens with zero attached hydrogens (tertiary/aromatic N) is 2. The minimum Gasteiger partial charge on any atom is -0.316 e. The van der Waals surface area contributed by atoms with Gasteiger partial charge in [-0.25, -0.2) is 0 Å². The third kappa shape index (κ3) is 4.26. The van der Waals surface area contributed by atoms with Crippen molar-refractivity contribution in [2.24, 2.45) is 11.3 Å². The molecule has 0 amide bonds. The van der Waals surface area contributed by atoms with Crippen LogP contribution in [-0.2, 0) is 0 Å². The second-order valence-electron chi connectivity index (χ2n) is 6.68. The Kier molecular flexibility index (Phi) is 4.64. The lowest BCUT2D eigenvalue weighted by atomic mass is 9.90. The molecule has 2 aliphatic rings. The van der Waals surface area contributed by atoms with E-state index in [0.29, 0.717) is 0 Å². The summed E-state index contributed by atoms with van der Waals surface area (Å²) in [6.07, 6.45) is 6.34. The minimum atomic E-state index is -0.155. The van der Waals surface area contributed by atoms with Crippen molar-refractivity contribution in [2.45, 2.75) is 52.0 Å². The fraction of sp³-hybridized carbons (Fsp3) is 0.933. The van der Waals surface area contributed by atoms with E-state index in [1.54, 1.807) is 0 Å². The van der Waals surface area contributed by atoms with E-state index in [0.717, 1.165) is 37.9 Å². The highest BCUT2D eigenvalue weighted by molar-refractivity contribution is 4.92. The van der Waals surface area contributed by atoms with E-state index in [4.69, 9.17) is 5.26 Å². The summed E-state index contributed by atoms with van der Waals surface area (Å²) in [5.74, 6) is 0.856. The van der Waals surface area contributed by atoms with Crippen LogP contribution in [0.3, 0.4) is 0 Å². The van der Waals surface area contributed by atoms with E-state index < -0.39 is 0 Å². The van der Waals surface area contributed by atoms with Gasteiger partial charge in [-0.3, -0.25) is 0 Å². The van der Waals surface area contributed by atoms with Gasteiger partial charge in [-0.15, -0.1) is 0 Å². The van der Waals surface area contributed by atoms with Crippen LogP contribution in [0.2, 0.25) is 0 Å². The first-order chi connectivity index (χ1) is 8.61. The summed E-state index contributed by atoms with van der Waals surface area (Å²) in [6, 6.07) is 3.30. The molecule has 0 radical (unpaired) electrons. The summed E-state index contributed by atoms with van der Waals surface area (Å²) < 4.78 is 0. The maximum Gasteiger partial charge on any atom is 0.0683 e. The van der Waals surface area contributed by atoms with Crippen molar-refractivity contribution in [3.8, 4) is 6.07 Å². The number of nitrogens with one attached hydrogen (secondary N) is 1. The average Bonchev–Trinajstić information content (AvgIpc) is 3.09. The van der Waals surface area contributed by atoms with Gasteiger partial charge in [0.25, 0.3) is 0 Å². The SMILES string of the molecule is CC(C)(C#N)CCCNCC1CCN(C2CC2)C1. The molecular formula is C15H27N3. The molecule has 1 aliphatic carbocycles. The van der Waals surface area contributed by atoms with E-state index in [2.05, 4.69) is 16.3 Å². The van der Waals surface area contributed by atoms with Gasteiger partial charge in [-0.2, -0.15) is 5.26 Å². The molecule has 2 fully saturated rings. The molecule has 1 aliphatic heterocycles. The first kappa shape index (κ1) is 13.8. The molecule has 1 atom stereocenters. The Balaban J connectivity index is 1.50. The van der Waals surface area contributed by atoms with Crippen LogP contribution in [-0.4, -0.2) is 37.1 Å². The van der Waals surface area contributed by atoms with Crippen LogP contribution in [0.15, 0.2) is 0 Å². The molecule has 2 rings (SSSR count). The van der Waals surface area contributed by atoms with E-state index in [-0.39, 0.29) is 5.41 Å². The number of nitriles is 1. The largest absolute Gasteiger partial charge is 0.316 e. The van der Waals surface area contributed by atoms with Crippen LogP contribution < -0.4 is 5.32 Å². The molecule has 0 aromatic carbocycles. The predicted molar refractivity (Wildman–Crippen MR) is 74.2 cm³/mol. The molecule has 1 N–H and O–H groups in total. The summed E-state index contributed by atoms with van der Waals surface area (Å²) in [7, 11) is 0. The molecule has 0 aromatic rings. The normalized spacial score (nSPS) is 25.3. The summed E-state index contributed by atoms with van der Waals surface area (Å²) in [4.78, 5) is 2.67. The van der Waals surface area contributed by atoms with Crippen LogP contribution in [0, 0.1) is 22.7 Å². The highest BCUT2D eigenvalue weighted by atomic mass is 15.2. The first-order valence-corrected chi connectivity index (χ1v) is 7.47. The van der Waals surface area contributed by atoms with Gasteiger partial charge in [0, 0.05) is 12.6 Å². The van der Waals surface area contributed by atoms with Crippen molar-refractivity contribution in [2.75, 3.05) is 26.2 Å². The van der Waals surface area contributed by atoms with E-state index in [1.165, 1.54) is 32.4 Å². The van der Waals surface area contributed by atoms with Gasteiger partial charge in [0.2, 0.25) is 0 Å². The molecule has 102 valence electrons. The molecule has 3 heteroatoms. The standard InChI is InChI=1S/C15H27N3/c1-15(2,12-16)7-3-8-17-10-13-6-9-18(11-13)14-4-5-14/h13-14,17H,3-11H2,1-2H3. The number of rotatable bonds is 7. The lowest BCUT2D eigenvalue weighted by molar-refractivity contribution is 0.311. The highest BCUT2D eigenvalue weighted by Crippen LogP contribution is 2.31. The molecule has 0 aromatic heterocycles. The van der Waals surface area contributed by atoms with Crippen molar-refractivity contribution in [3.05, 3.63) is 0 Å². The lowest BCUT2D eigenvalue weighted by Crippen LogP contribution is -2.28. The zero-order chi connectivity index (χ0) is 13.0. The van der Waals surface area contributed by atoms with Crippen molar-refractivity contribution in [3.63, 3.8) is 0 Å². The maximum absolute atomic E-state index is 8.93. The highest BCUT2D eigenvalue weighted by Gasteiger charge is 2.33. The van der Waals surface area contributed by atoms with E-state index >= 15 is 0 Å². The Morgan fingerprint density at radius 1 is 1.33 bits per heavy atom. The summed E-state index contributed by atoms with van der Waals surface area (Å²) >= 11 is 0. The van der Waals surface area contributed by atoms with Crippen molar-refractivity contribution < 1.29 is 0 Å². The molecule has 1 heterocycles. The van der Waals surface area contributed by atoms with Gasteiger partial charge in [0.15, 0.2) is 0 Å². The smallest absolute Gasteiger partial charge is 0.0683 e. The van der Waals surface area contributed by atoms with Gasteiger partial charge in [0.1, 0.15) is 0 Å². The third-order valence-electron chi connectivity index (χ3n) is 4.27. The van der Waals surface area contributed by atoms with Gasteiger partial charge in [-0.1, -0.05) is 0 Å². The summed E-state index contributed by atoms with van der Waals surface area (Å²) in [6.45, 7) is 8.90. The van der Waals surface area contributed by atoms with Crippen molar-refractivity contribution in [1.29, 1.82) is 5.26 Å². The fourth-order valence-corrected chi connectivity index (χ4v) is 2.82. The quantitative estimate of drug-likeness (QED) is 0.704. The Morgan fingerprint density at radius 3 is 2.78 bits per heavy atom. The summed E-state index contributed by atoms with van der Waals surface area (Å²) in [5.41, 5.74) is -0.155. The van der Waals surface area contributed by atoms with Crippen LogP contribution in [0.25, 0.3) is 0 Å². The monoisotopic (exact) mass is 249 g/mol. The Morgan fingerprint density at radius 2 is 2.11 bits per heavy atom. The number of likely N-dealkylation sites (tertiary alicyclic amines) is 1. The minimum absolute atomic E-state index is 0.155. The zero-order valence-corrected chi connectivity index (χ0v) is 11.9. The molecule has 0 bridgehead atoms. The molecule has 3 nitrogen and oxygen atoms in total. The van der Waals surface area contributed by atoms with Crippen LogP contribution in [0.4, 0.5) is 0 Å². The maximum atomic E-state index is 8.93. The Bertz CT molecular complexity index is 301. The van der Waals surface area contributed by atoms with Crippen LogP contribution in [0.1, 0.15) is 46.0 Å². The molecule has 0 spiro atoms. The third-order valence-corrected chi connectivity index (χ3v) is 4.27. The van der Waals surface area contributed by atoms with Gasteiger partial charge in [0.05, 0.1) is 11.5 Å². The van der Waals surface area contributed by atoms with E-state index in [1.807, 2.05) is 13.8 Å². The second-order valence-corrected chi connectivity index (χ2v) is 6.68. The zero-order valence-electron chi connectivity index (χ0n) is 11.9. The van der Waals surface area contributed by atoms with Crippen molar-refractivity contribution in [1.82, 2.24) is 10.2 Å². The van der Waals surface area contributed by atoms with Crippen LogP contribution >= 0.6 is 0 Å². The summed E-state index contributed by atoms with van der Waals surface area (Å²) in [5, 5.41) is 12.5. The molecule has 1 saturated carbocycles. The lowest BCUT2D eigenvalue weighted by Gasteiger charge is -2.16. The average molecular weight is 249 g/mol. The number of hydrogen-bond acceptors (Lipinski definition) is 3. The van der Waals surface area contributed by atoms with E-state index in [9.17, 15) is 0 Å². The topological polar surface area (TPSA) is 39.1 Å². The first-order valence-electron chi connectivity index (χ1n) is 7.47. The van der Waals surface area contributed by atoms with Crippen LogP contribution in [0.5, 0.6) is 0 Å². The predicted octanol–water partition coefficient (Wildman–Crippen LogP) is 2.39. The second kappa shape index (κ2) is 6.04. The molecule has 18 heavy (non-hydrogen) atoms.